The monoisotopic (exact) mass is 239 g/mol. The molecule has 1 aromatic carbocycles. The first-order chi connectivity index (χ1) is 7.69. The molecule has 0 aliphatic heterocycles. The van der Waals surface area contributed by atoms with Crippen molar-refractivity contribution in [3.05, 3.63) is 24.3 Å². The molecule has 0 fully saturated rings. The van der Waals surface area contributed by atoms with E-state index in [1.165, 1.54) is 4.90 Å². The maximum atomic E-state index is 5.34. The van der Waals surface area contributed by atoms with Gasteiger partial charge in [0.05, 0.1) is 7.11 Å². The molecule has 2 atom stereocenters. The summed E-state index contributed by atoms with van der Waals surface area (Å²) in [7, 11) is 1.72. The standard InChI is InChI=1S/C13H21NOS/c1-5-14-10(2)11(3)16-13-9-7-6-8-12(13)15-4/h6-11,14H,5H2,1-4H3. The van der Waals surface area contributed by atoms with Gasteiger partial charge in [-0.3, -0.25) is 0 Å². The zero-order valence-corrected chi connectivity index (χ0v) is 11.3. The average molecular weight is 239 g/mol. The quantitative estimate of drug-likeness (QED) is 0.770. The third-order valence-electron chi connectivity index (χ3n) is 2.61. The number of hydrogen-bond acceptors (Lipinski definition) is 3. The molecule has 3 heteroatoms. The van der Waals surface area contributed by atoms with Gasteiger partial charge in [-0.05, 0) is 25.6 Å². The molecule has 0 aliphatic rings. The summed E-state index contributed by atoms with van der Waals surface area (Å²) in [6.45, 7) is 7.61. The Kier molecular flexibility index (Phi) is 5.71. The summed E-state index contributed by atoms with van der Waals surface area (Å²) < 4.78 is 5.34. The van der Waals surface area contributed by atoms with Crippen molar-refractivity contribution >= 4 is 11.8 Å². The summed E-state index contributed by atoms with van der Waals surface area (Å²) in [6, 6.07) is 8.67. The molecule has 0 heterocycles. The highest BCUT2D eigenvalue weighted by atomic mass is 32.2. The number of para-hydroxylation sites is 1. The molecule has 0 aliphatic carbocycles. The van der Waals surface area contributed by atoms with Crippen molar-refractivity contribution in [2.75, 3.05) is 13.7 Å². The van der Waals surface area contributed by atoms with Crippen LogP contribution in [0.15, 0.2) is 29.2 Å². The fourth-order valence-electron chi connectivity index (χ4n) is 1.51. The van der Waals surface area contributed by atoms with Crippen LogP contribution in [-0.2, 0) is 0 Å². The molecule has 0 radical (unpaired) electrons. The Hall–Kier alpha value is -0.670. The molecule has 0 aromatic heterocycles. The molecule has 90 valence electrons. The lowest BCUT2D eigenvalue weighted by Gasteiger charge is -2.21. The topological polar surface area (TPSA) is 21.3 Å². The molecule has 1 rings (SSSR count). The first kappa shape index (κ1) is 13.4. The van der Waals surface area contributed by atoms with Gasteiger partial charge in [-0.2, -0.15) is 0 Å². The largest absolute Gasteiger partial charge is 0.496 e. The maximum absolute atomic E-state index is 5.34. The minimum absolute atomic E-state index is 0.500. The van der Waals surface area contributed by atoms with E-state index in [0.717, 1.165) is 12.3 Å². The van der Waals surface area contributed by atoms with Gasteiger partial charge in [0.15, 0.2) is 0 Å². The average Bonchev–Trinajstić information content (AvgIpc) is 2.30. The molecule has 0 saturated heterocycles. The summed E-state index contributed by atoms with van der Waals surface area (Å²) in [4.78, 5) is 1.21. The maximum Gasteiger partial charge on any atom is 0.132 e. The normalized spacial score (nSPS) is 14.5. The van der Waals surface area contributed by atoms with E-state index in [0.29, 0.717) is 11.3 Å². The van der Waals surface area contributed by atoms with E-state index in [4.69, 9.17) is 4.74 Å². The second-order valence-electron chi connectivity index (χ2n) is 3.82. The highest BCUT2D eigenvalue weighted by Crippen LogP contribution is 2.32. The van der Waals surface area contributed by atoms with Crippen LogP contribution >= 0.6 is 11.8 Å². The van der Waals surface area contributed by atoms with Crippen LogP contribution in [0.25, 0.3) is 0 Å². The van der Waals surface area contributed by atoms with Gasteiger partial charge in [0.25, 0.3) is 0 Å². The summed E-state index contributed by atoms with van der Waals surface area (Å²) in [5.74, 6) is 0.961. The second-order valence-corrected chi connectivity index (χ2v) is 5.24. The minimum Gasteiger partial charge on any atom is -0.496 e. The van der Waals surface area contributed by atoms with Crippen LogP contribution in [0.3, 0.4) is 0 Å². The Morgan fingerprint density at radius 2 is 2.00 bits per heavy atom. The molecular formula is C13H21NOS. The lowest BCUT2D eigenvalue weighted by Crippen LogP contribution is -2.33. The van der Waals surface area contributed by atoms with E-state index in [1.807, 2.05) is 23.9 Å². The molecule has 1 N–H and O–H groups in total. The van der Waals surface area contributed by atoms with Gasteiger partial charge >= 0.3 is 0 Å². The number of methoxy groups -OCH3 is 1. The first-order valence-electron chi connectivity index (χ1n) is 5.72. The highest BCUT2D eigenvalue weighted by molar-refractivity contribution is 8.00. The molecule has 2 nitrogen and oxygen atoms in total. The highest BCUT2D eigenvalue weighted by Gasteiger charge is 2.14. The Labute approximate surface area is 103 Å². The van der Waals surface area contributed by atoms with E-state index >= 15 is 0 Å². The number of ether oxygens (including phenoxy) is 1. The van der Waals surface area contributed by atoms with Crippen LogP contribution in [0.5, 0.6) is 5.75 Å². The smallest absolute Gasteiger partial charge is 0.132 e. The van der Waals surface area contributed by atoms with Crippen molar-refractivity contribution in [1.82, 2.24) is 5.32 Å². The third kappa shape index (κ3) is 3.72. The molecule has 1 aromatic rings. The van der Waals surface area contributed by atoms with E-state index in [9.17, 15) is 0 Å². The zero-order valence-electron chi connectivity index (χ0n) is 10.5. The first-order valence-corrected chi connectivity index (χ1v) is 6.60. The van der Waals surface area contributed by atoms with Gasteiger partial charge in [-0.15, -0.1) is 11.8 Å². The van der Waals surface area contributed by atoms with Crippen LogP contribution in [0.1, 0.15) is 20.8 Å². The lowest BCUT2D eigenvalue weighted by atomic mass is 10.2. The lowest BCUT2D eigenvalue weighted by molar-refractivity contribution is 0.404. The predicted molar refractivity (Wildman–Crippen MR) is 71.5 cm³/mol. The summed E-state index contributed by atoms with van der Waals surface area (Å²) in [6.07, 6.45) is 0. The fourth-order valence-corrected chi connectivity index (χ4v) is 2.63. The zero-order chi connectivity index (χ0) is 12.0. The Bertz CT molecular complexity index is 317. The van der Waals surface area contributed by atoms with Gasteiger partial charge in [-0.1, -0.05) is 26.0 Å². The van der Waals surface area contributed by atoms with Crippen molar-refractivity contribution in [2.24, 2.45) is 0 Å². The summed E-state index contributed by atoms with van der Waals surface area (Å²) in [5, 5.41) is 3.97. The SMILES string of the molecule is CCNC(C)C(C)Sc1ccccc1OC. The Morgan fingerprint density at radius 1 is 1.31 bits per heavy atom. The minimum atomic E-state index is 0.500. The number of rotatable bonds is 6. The van der Waals surface area contributed by atoms with E-state index in [-0.39, 0.29) is 0 Å². The molecule has 0 saturated carbocycles. The van der Waals surface area contributed by atoms with E-state index < -0.39 is 0 Å². The molecular weight excluding hydrogens is 218 g/mol. The number of thioether (sulfide) groups is 1. The number of nitrogens with one attached hydrogen (secondary N) is 1. The molecule has 16 heavy (non-hydrogen) atoms. The van der Waals surface area contributed by atoms with Gasteiger partial charge in [-0.25, -0.2) is 0 Å². The van der Waals surface area contributed by atoms with Crippen LogP contribution in [0, 0.1) is 0 Å². The van der Waals surface area contributed by atoms with Crippen LogP contribution in [0.4, 0.5) is 0 Å². The number of benzene rings is 1. The molecule has 2 unspecified atom stereocenters. The molecule has 0 amide bonds. The summed E-state index contributed by atoms with van der Waals surface area (Å²) >= 11 is 1.86. The van der Waals surface area contributed by atoms with Gasteiger partial charge in [0.2, 0.25) is 0 Å². The van der Waals surface area contributed by atoms with E-state index in [1.54, 1.807) is 7.11 Å². The van der Waals surface area contributed by atoms with Gasteiger partial charge in [0.1, 0.15) is 5.75 Å². The fraction of sp³-hybridized carbons (Fsp3) is 0.538. The molecule has 0 bridgehead atoms. The number of hydrogen-bond donors (Lipinski definition) is 1. The van der Waals surface area contributed by atoms with Crippen molar-refractivity contribution in [2.45, 2.75) is 37.0 Å². The predicted octanol–water partition coefficient (Wildman–Crippen LogP) is 3.17. The summed E-state index contributed by atoms with van der Waals surface area (Å²) in [5.41, 5.74) is 0. The van der Waals surface area contributed by atoms with Crippen molar-refractivity contribution in [3.63, 3.8) is 0 Å². The third-order valence-corrected chi connectivity index (χ3v) is 3.98. The Morgan fingerprint density at radius 3 is 2.62 bits per heavy atom. The van der Waals surface area contributed by atoms with E-state index in [2.05, 4.69) is 38.2 Å². The van der Waals surface area contributed by atoms with Crippen molar-refractivity contribution in [3.8, 4) is 5.75 Å². The van der Waals surface area contributed by atoms with Crippen molar-refractivity contribution in [1.29, 1.82) is 0 Å². The Balaban J connectivity index is 2.64. The second kappa shape index (κ2) is 6.81. The van der Waals surface area contributed by atoms with Gasteiger partial charge < -0.3 is 10.1 Å². The van der Waals surface area contributed by atoms with Gasteiger partial charge in [0, 0.05) is 16.2 Å². The van der Waals surface area contributed by atoms with Crippen LogP contribution in [-0.4, -0.2) is 24.9 Å². The van der Waals surface area contributed by atoms with Crippen LogP contribution < -0.4 is 10.1 Å². The van der Waals surface area contributed by atoms with Crippen molar-refractivity contribution < 1.29 is 4.74 Å². The molecule has 0 spiro atoms. The van der Waals surface area contributed by atoms with Crippen LogP contribution in [0.2, 0.25) is 0 Å².